The molecule has 1 unspecified atom stereocenters. The Morgan fingerprint density at radius 1 is 1.21 bits per heavy atom. The maximum Gasteiger partial charge on any atom is 0.361 e. The Morgan fingerprint density at radius 3 is 2.50 bits per heavy atom. The summed E-state index contributed by atoms with van der Waals surface area (Å²) in [6.07, 6.45) is 3.74. The molecule has 0 saturated carbocycles. The average Bonchev–Trinajstić information content (AvgIpc) is 2.60. The van der Waals surface area contributed by atoms with Crippen molar-refractivity contribution in [3.8, 4) is 0 Å². The Labute approximate surface area is 140 Å². The number of rotatable bonds is 6. The lowest BCUT2D eigenvalue weighted by Gasteiger charge is -2.10. The maximum atomic E-state index is 11.9. The van der Waals surface area contributed by atoms with Crippen molar-refractivity contribution in [1.82, 2.24) is 9.97 Å². The van der Waals surface area contributed by atoms with Gasteiger partial charge >= 0.3 is 5.97 Å². The number of carbonyl (C=O) groups is 2. The molecule has 0 aliphatic heterocycles. The number of benzene rings is 1. The van der Waals surface area contributed by atoms with Crippen LogP contribution >= 0.6 is 0 Å². The number of nitrogens with two attached hydrogens (primary N) is 1. The topological polar surface area (TPSA) is 107 Å². The number of carbonyl (C=O) groups excluding carboxylic acids is 2. The number of hydrogen-bond acceptors (Lipinski definition) is 6. The van der Waals surface area contributed by atoms with Crippen molar-refractivity contribution in [2.45, 2.75) is 26.2 Å². The van der Waals surface area contributed by atoms with E-state index in [0.29, 0.717) is 11.6 Å². The van der Waals surface area contributed by atoms with Crippen LogP contribution in [-0.2, 0) is 9.53 Å². The number of nitrogen functional groups attached to an aromatic ring is 1. The van der Waals surface area contributed by atoms with Crippen molar-refractivity contribution in [3.05, 3.63) is 47.9 Å². The van der Waals surface area contributed by atoms with Gasteiger partial charge in [-0.3, -0.25) is 4.79 Å². The molecule has 7 heteroatoms. The first-order valence-corrected chi connectivity index (χ1v) is 7.64. The van der Waals surface area contributed by atoms with Crippen molar-refractivity contribution in [1.29, 1.82) is 0 Å². The zero-order valence-corrected chi connectivity index (χ0v) is 13.7. The molecule has 0 spiro atoms. The summed E-state index contributed by atoms with van der Waals surface area (Å²) in [7, 11) is 0. The van der Waals surface area contributed by atoms with Crippen molar-refractivity contribution >= 4 is 23.4 Å². The van der Waals surface area contributed by atoms with Gasteiger partial charge in [0.15, 0.2) is 18.1 Å². The summed E-state index contributed by atoms with van der Waals surface area (Å²) in [6, 6.07) is 7.58. The monoisotopic (exact) mass is 328 g/mol. The molecule has 1 aromatic carbocycles. The van der Waals surface area contributed by atoms with Crippen LogP contribution in [0.3, 0.4) is 0 Å². The minimum absolute atomic E-state index is 0.0384. The Kier molecular flexibility index (Phi) is 5.83. The van der Waals surface area contributed by atoms with E-state index in [-0.39, 0.29) is 11.5 Å². The molecule has 0 saturated heterocycles. The highest BCUT2D eigenvalue weighted by Crippen LogP contribution is 2.20. The van der Waals surface area contributed by atoms with Crippen LogP contribution < -0.4 is 11.1 Å². The molecule has 2 aromatic rings. The number of ether oxygens (including phenoxy) is 1. The van der Waals surface area contributed by atoms with Gasteiger partial charge in [0.25, 0.3) is 5.91 Å². The van der Waals surface area contributed by atoms with Crippen molar-refractivity contribution < 1.29 is 14.3 Å². The zero-order valence-electron chi connectivity index (χ0n) is 13.7. The van der Waals surface area contributed by atoms with E-state index < -0.39 is 18.5 Å². The van der Waals surface area contributed by atoms with Crippen molar-refractivity contribution in [2.75, 3.05) is 17.7 Å². The molecule has 0 aliphatic rings. The van der Waals surface area contributed by atoms with Crippen LogP contribution in [0.15, 0.2) is 36.7 Å². The normalized spacial score (nSPS) is 11.6. The van der Waals surface area contributed by atoms with E-state index in [1.807, 2.05) is 24.3 Å². The van der Waals surface area contributed by atoms with Gasteiger partial charge in [-0.05, 0) is 30.0 Å². The van der Waals surface area contributed by atoms with E-state index in [0.717, 1.165) is 6.42 Å². The van der Waals surface area contributed by atoms with Crippen LogP contribution in [-0.4, -0.2) is 28.5 Å². The maximum absolute atomic E-state index is 11.9. The van der Waals surface area contributed by atoms with E-state index in [1.54, 1.807) is 0 Å². The number of nitrogens with zero attached hydrogens (tertiary/aromatic N) is 2. The van der Waals surface area contributed by atoms with Crippen LogP contribution in [0.5, 0.6) is 0 Å². The summed E-state index contributed by atoms with van der Waals surface area (Å²) in [5.74, 6) is -0.804. The second-order valence-corrected chi connectivity index (χ2v) is 5.35. The summed E-state index contributed by atoms with van der Waals surface area (Å²) in [6.45, 7) is 3.84. The largest absolute Gasteiger partial charge is 0.451 e. The van der Waals surface area contributed by atoms with Gasteiger partial charge in [0.1, 0.15) is 0 Å². The first-order chi connectivity index (χ1) is 11.5. The highest BCUT2D eigenvalue weighted by Gasteiger charge is 2.15. The molecule has 24 heavy (non-hydrogen) atoms. The van der Waals surface area contributed by atoms with Gasteiger partial charge in [-0.2, -0.15) is 0 Å². The summed E-state index contributed by atoms with van der Waals surface area (Å²) >= 11 is 0. The van der Waals surface area contributed by atoms with E-state index in [4.69, 9.17) is 10.5 Å². The fourth-order valence-electron chi connectivity index (χ4n) is 2.03. The van der Waals surface area contributed by atoms with E-state index in [9.17, 15) is 9.59 Å². The predicted molar refractivity (Wildman–Crippen MR) is 90.5 cm³/mol. The third-order valence-corrected chi connectivity index (χ3v) is 3.63. The van der Waals surface area contributed by atoms with Gasteiger partial charge < -0.3 is 15.8 Å². The van der Waals surface area contributed by atoms with E-state index >= 15 is 0 Å². The number of nitrogens with one attached hydrogen (secondary N) is 1. The first kappa shape index (κ1) is 17.4. The SMILES string of the molecule is CCC(C)c1ccc(NC(=O)COC(=O)c2nccnc2N)cc1. The number of aromatic nitrogens is 2. The highest BCUT2D eigenvalue weighted by atomic mass is 16.5. The number of hydrogen-bond donors (Lipinski definition) is 2. The molecule has 126 valence electrons. The van der Waals surface area contributed by atoms with Gasteiger partial charge in [0.05, 0.1) is 0 Å². The second kappa shape index (κ2) is 8.05. The van der Waals surface area contributed by atoms with Gasteiger partial charge in [0, 0.05) is 18.1 Å². The van der Waals surface area contributed by atoms with Gasteiger partial charge in [-0.1, -0.05) is 26.0 Å². The van der Waals surface area contributed by atoms with Crippen LogP contribution in [0.25, 0.3) is 0 Å². The first-order valence-electron chi connectivity index (χ1n) is 7.64. The average molecular weight is 328 g/mol. The summed E-state index contributed by atoms with van der Waals surface area (Å²) in [4.78, 5) is 31.2. The Bertz CT molecular complexity index is 716. The van der Waals surface area contributed by atoms with Crippen LogP contribution in [0.1, 0.15) is 42.2 Å². The minimum atomic E-state index is -0.789. The van der Waals surface area contributed by atoms with Crippen LogP contribution in [0.4, 0.5) is 11.5 Å². The summed E-state index contributed by atoms with van der Waals surface area (Å²) < 4.78 is 4.89. The fraction of sp³-hybridized carbons (Fsp3) is 0.294. The molecule has 1 aromatic heterocycles. The third kappa shape index (κ3) is 4.52. The molecule has 0 fully saturated rings. The second-order valence-electron chi connectivity index (χ2n) is 5.35. The van der Waals surface area contributed by atoms with Crippen LogP contribution in [0, 0.1) is 0 Å². The molecular formula is C17H20N4O3. The van der Waals surface area contributed by atoms with Crippen molar-refractivity contribution in [2.24, 2.45) is 0 Å². The molecule has 0 aliphatic carbocycles. The Hall–Kier alpha value is -2.96. The number of amides is 1. The zero-order chi connectivity index (χ0) is 17.5. The minimum Gasteiger partial charge on any atom is -0.451 e. The molecule has 1 amide bonds. The molecule has 3 N–H and O–H groups in total. The molecule has 0 bridgehead atoms. The van der Waals surface area contributed by atoms with Crippen LogP contribution in [0.2, 0.25) is 0 Å². The van der Waals surface area contributed by atoms with Gasteiger partial charge in [-0.25, -0.2) is 14.8 Å². The standard InChI is InChI=1S/C17H20N4O3/c1-3-11(2)12-4-6-13(7-5-12)21-14(22)10-24-17(23)15-16(18)20-9-8-19-15/h4-9,11H,3,10H2,1-2H3,(H2,18,20)(H,21,22). The lowest BCUT2D eigenvalue weighted by atomic mass is 9.99. The molecular weight excluding hydrogens is 308 g/mol. The number of esters is 1. The molecule has 2 rings (SSSR count). The van der Waals surface area contributed by atoms with Crippen molar-refractivity contribution in [3.63, 3.8) is 0 Å². The number of anilines is 2. The van der Waals surface area contributed by atoms with E-state index in [2.05, 4.69) is 29.1 Å². The highest BCUT2D eigenvalue weighted by molar-refractivity contribution is 5.96. The summed E-state index contributed by atoms with van der Waals surface area (Å²) in [5, 5.41) is 2.66. The lowest BCUT2D eigenvalue weighted by molar-refractivity contribution is -0.119. The smallest absolute Gasteiger partial charge is 0.361 e. The third-order valence-electron chi connectivity index (χ3n) is 3.63. The van der Waals surface area contributed by atoms with Gasteiger partial charge in [0.2, 0.25) is 0 Å². The molecule has 1 heterocycles. The summed E-state index contributed by atoms with van der Waals surface area (Å²) in [5.41, 5.74) is 7.27. The Morgan fingerprint density at radius 2 is 1.88 bits per heavy atom. The molecule has 7 nitrogen and oxygen atoms in total. The van der Waals surface area contributed by atoms with E-state index in [1.165, 1.54) is 18.0 Å². The van der Waals surface area contributed by atoms with Gasteiger partial charge in [-0.15, -0.1) is 0 Å². The molecule has 0 radical (unpaired) electrons. The fourth-order valence-corrected chi connectivity index (χ4v) is 2.03. The molecule has 1 atom stereocenters. The predicted octanol–water partition coefficient (Wildman–Crippen LogP) is 2.37. The lowest BCUT2D eigenvalue weighted by Crippen LogP contribution is -2.22. The quantitative estimate of drug-likeness (QED) is 0.788. The Balaban J connectivity index is 1.87.